The lowest BCUT2D eigenvalue weighted by molar-refractivity contribution is 1.12. The van der Waals surface area contributed by atoms with Gasteiger partial charge in [-0.1, -0.05) is 42.5 Å². The van der Waals surface area contributed by atoms with E-state index in [1.54, 1.807) is 0 Å². The monoisotopic (exact) mass is 439 g/mol. The van der Waals surface area contributed by atoms with E-state index in [1.165, 1.54) is 21.9 Å². The highest BCUT2D eigenvalue weighted by Crippen LogP contribution is 2.36. The van der Waals surface area contributed by atoms with Crippen LogP contribution >= 0.6 is 22.6 Å². The molecular weight excluding hydrogens is 421 g/mol. The molecule has 3 aromatic carbocycles. The van der Waals surface area contributed by atoms with Crippen molar-refractivity contribution in [2.45, 2.75) is 0 Å². The van der Waals surface area contributed by atoms with Gasteiger partial charge in [0.25, 0.3) is 0 Å². The van der Waals surface area contributed by atoms with Crippen LogP contribution in [-0.4, -0.2) is 20.1 Å². The van der Waals surface area contributed by atoms with Crippen molar-refractivity contribution in [1.82, 2.24) is 0 Å². The lowest BCUT2D eigenvalue weighted by atomic mass is 10.0. The molecule has 0 fully saturated rings. The molecule has 0 spiro atoms. The van der Waals surface area contributed by atoms with E-state index in [4.69, 9.17) is 5.41 Å². The van der Waals surface area contributed by atoms with Gasteiger partial charge < -0.3 is 9.80 Å². The summed E-state index contributed by atoms with van der Waals surface area (Å²) in [6.45, 7) is 0. The lowest BCUT2D eigenvalue weighted by Crippen LogP contribution is -2.39. The molecule has 1 N–H and O–H groups in total. The first-order chi connectivity index (χ1) is 12.1. The summed E-state index contributed by atoms with van der Waals surface area (Å²) in [6, 6.07) is 18.8. The van der Waals surface area contributed by atoms with E-state index in [2.05, 4.69) is 77.2 Å². The van der Waals surface area contributed by atoms with Crippen LogP contribution in [0.4, 0.5) is 11.4 Å². The number of benzene rings is 3. The van der Waals surface area contributed by atoms with Crippen LogP contribution in [0.1, 0.15) is 11.1 Å². The summed E-state index contributed by atoms with van der Waals surface area (Å²) in [5.41, 5.74) is 4.56. The second-order valence-electron chi connectivity index (χ2n) is 6.20. The van der Waals surface area contributed by atoms with Crippen molar-refractivity contribution in [2.75, 3.05) is 23.9 Å². The van der Waals surface area contributed by atoms with Gasteiger partial charge >= 0.3 is 0 Å². The van der Waals surface area contributed by atoms with Crippen molar-refractivity contribution in [1.29, 1.82) is 5.41 Å². The molecule has 0 bridgehead atoms. The maximum absolute atomic E-state index is 8.68. The van der Waals surface area contributed by atoms with E-state index in [-0.39, 0.29) is 0 Å². The Balaban J connectivity index is 1.73. The van der Waals surface area contributed by atoms with Crippen molar-refractivity contribution in [3.8, 4) is 0 Å². The van der Waals surface area contributed by atoms with Gasteiger partial charge in [-0.3, -0.25) is 5.41 Å². The van der Waals surface area contributed by atoms with Crippen molar-refractivity contribution in [3.63, 3.8) is 0 Å². The first-order valence-electron chi connectivity index (χ1n) is 8.11. The third-order valence-electron chi connectivity index (χ3n) is 4.72. The maximum atomic E-state index is 8.68. The van der Waals surface area contributed by atoms with E-state index < -0.39 is 0 Å². The highest BCUT2D eigenvalue weighted by Gasteiger charge is 2.18. The minimum Gasteiger partial charge on any atom is -0.315 e. The zero-order valence-corrected chi connectivity index (χ0v) is 16.3. The molecule has 0 amide bonds. The van der Waals surface area contributed by atoms with Gasteiger partial charge in [0.05, 0.1) is 5.69 Å². The van der Waals surface area contributed by atoms with Crippen molar-refractivity contribution < 1.29 is 0 Å². The third-order valence-corrected chi connectivity index (χ3v) is 5.39. The van der Waals surface area contributed by atoms with Gasteiger partial charge in [-0.05, 0) is 63.4 Å². The molecule has 4 rings (SSSR count). The number of halogens is 1. The van der Waals surface area contributed by atoms with Crippen LogP contribution < -0.4 is 9.80 Å². The van der Waals surface area contributed by atoms with E-state index in [1.807, 2.05) is 36.0 Å². The Bertz CT molecular complexity index is 1010. The Morgan fingerprint density at radius 2 is 1.60 bits per heavy atom. The smallest absolute Gasteiger partial charge is 0.202 e. The van der Waals surface area contributed by atoms with Gasteiger partial charge in [-0.2, -0.15) is 0 Å². The second kappa shape index (κ2) is 6.19. The molecular formula is C21H18IN3. The summed E-state index contributed by atoms with van der Waals surface area (Å²) in [5, 5.41) is 11.1. The number of nitrogens with one attached hydrogen (secondary N) is 1. The number of hydrogen-bond donors (Lipinski definition) is 1. The fraction of sp³-hybridized carbons (Fsp3) is 0.0952. The molecule has 0 heterocycles. The third kappa shape index (κ3) is 2.70. The summed E-state index contributed by atoms with van der Waals surface area (Å²) in [7, 11) is 3.89. The summed E-state index contributed by atoms with van der Waals surface area (Å²) in [6.07, 6.45) is 4.32. The molecule has 3 nitrogen and oxygen atoms in total. The fourth-order valence-corrected chi connectivity index (χ4v) is 3.87. The number of nitrogens with zero attached hydrogens (tertiary/aromatic N) is 2. The molecule has 124 valence electrons. The lowest BCUT2D eigenvalue weighted by Gasteiger charge is -2.29. The number of anilines is 2. The Morgan fingerprint density at radius 1 is 0.880 bits per heavy atom. The molecule has 4 heteroatoms. The van der Waals surface area contributed by atoms with Crippen LogP contribution in [-0.2, 0) is 0 Å². The van der Waals surface area contributed by atoms with Crippen LogP contribution in [0.25, 0.3) is 22.9 Å². The maximum Gasteiger partial charge on any atom is 0.202 e. The van der Waals surface area contributed by atoms with Crippen molar-refractivity contribution >= 4 is 62.8 Å². The SMILES string of the molecule is CN(C(=N)N(C)c1ccc2c3c(cccc13)C=C2)c1cccc(I)c1. The molecule has 0 atom stereocenters. The van der Waals surface area contributed by atoms with Crippen LogP contribution in [0, 0.1) is 8.98 Å². The predicted molar refractivity (Wildman–Crippen MR) is 117 cm³/mol. The Labute approximate surface area is 161 Å². The van der Waals surface area contributed by atoms with Gasteiger partial charge in [0.15, 0.2) is 0 Å². The largest absolute Gasteiger partial charge is 0.315 e. The zero-order valence-electron chi connectivity index (χ0n) is 14.1. The van der Waals surface area contributed by atoms with Crippen molar-refractivity contribution in [3.05, 3.63) is 69.3 Å². The van der Waals surface area contributed by atoms with Gasteiger partial charge in [0, 0.05) is 28.7 Å². The molecule has 3 aromatic rings. The van der Waals surface area contributed by atoms with Crippen LogP contribution in [0.3, 0.4) is 0 Å². The summed E-state index contributed by atoms with van der Waals surface area (Å²) in [4.78, 5) is 3.85. The first kappa shape index (κ1) is 16.1. The predicted octanol–water partition coefficient (Wildman–Crippen LogP) is 5.44. The van der Waals surface area contributed by atoms with Gasteiger partial charge in [-0.15, -0.1) is 0 Å². The molecule has 25 heavy (non-hydrogen) atoms. The molecule has 1 aliphatic carbocycles. The average Bonchev–Trinajstić information content (AvgIpc) is 3.05. The summed E-state index contributed by atoms with van der Waals surface area (Å²) >= 11 is 2.30. The normalized spacial score (nSPS) is 11.8. The van der Waals surface area contributed by atoms with Crippen LogP contribution in [0.5, 0.6) is 0 Å². The van der Waals surface area contributed by atoms with E-state index in [0.29, 0.717) is 5.96 Å². The van der Waals surface area contributed by atoms with E-state index >= 15 is 0 Å². The number of rotatable bonds is 2. The number of guanidine groups is 1. The standard InChI is InChI=1S/C21H18IN3/c1-24(17-7-4-6-16(22)13-17)21(23)25(2)19-12-11-15-10-9-14-5-3-8-18(19)20(14)15/h3-13,23H,1-2H3. The topological polar surface area (TPSA) is 30.3 Å². The average molecular weight is 439 g/mol. The molecule has 0 aliphatic heterocycles. The molecule has 0 radical (unpaired) electrons. The molecule has 0 saturated carbocycles. The highest BCUT2D eigenvalue weighted by atomic mass is 127. The summed E-state index contributed by atoms with van der Waals surface area (Å²) < 4.78 is 1.16. The molecule has 0 aromatic heterocycles. The van der Waals surface area contributed by atoms with E-state index in [0.717, 1.165) is 14.9 Å². The Hall–Kier alpha value is -2.34. The minimum absolute atomic E-state index is 0.439. The zero-order chi connectivity index (χ0) is 17.6. The Kier molecular flexibility index (Phi) is 4.00. The Morgan fingerprint density at radius 3 is 2.36 bits per heavy atom. The minimum atomic E-state index is 0.439. The number of hydrogen-bond acceptors (Lipinski definition) is 1. The molecule has 0 unspecified atom stereocenters. The van der Waals surface area contributed by atoms with Crippen molar-refractivity contribution in [2.24, 2.45) is 0 Å². The van der Waals surface area contributed by atoms with Crippen LogP contribution in [0.2, 0.25) is 0 Å². The van der Waals surface area contributed by atoms with Crippen LogP contribution in [0.15, 0.2) is 54.6 Å². The molecule has 0 saturated heterocycles. The quantitative estimate of drug-likeness (QED) is 0.256. The fourth-order valence-electron chi connectivity index (χ4n) is 3.34. The first-order valence-corrected chi connectivity index (χ1v) is 9.19. The molecule has 1 aliphatic rings. The second-order valence-corrected chi connectivity index (χ2v) is 7.44. The van der Waals surface area contributed by atoms with Gasteiger partial charge in [0.2, 0.25) is 5.96 Å². The highest BCUT2D eigenvalue weighted by molar-refractivity contribution is 14.1. The van der Waals surface area contributed by atoms with Gasteiger partial charge in [-0.25, -0.2) is 0 Å². The van der Waals surface area contributed by atoms with E-state index in [9.17, 15) is 0 Å². The van der Waals surface area contributed by atoms with Gasteiger partial charge in [0.1, 0.15) is 0 Å². The summed E-state index contributed by atoms with van der Waals surface area (Å²) in [5.74, 6) is 0.439.